The van der Waals surface area contributed by atoms with Crippen molar-refractivity contribution in [2.24, 2.45) is 0 Å². The first kappa shape index (κ1) is 18.6. The molecule has 0 spiro atoms. The molecule has 0 bridgehead atoms. The number of thioether (sulfide) groups is 1. The number of rotatable bonds is 5. The predicted octanol–water partition coefficient (Wildman–Crippen LogP) is 4.13. The van der Waals surface area contributed by atoms with Crippen molar-refractivity contribution < 1.29 is 14.3 Å². The number of benzene rings is 2. The van der Waals surface area contributed by atoms with Crippen molar-refractivity contribution in [1.82, 2.24) is 4.90 Å². The number of ether oxygens (including phenoxy) is 2. The Labute approximate surface area is 159 Å². The highest BCUT2D eigenvalue weighted by Crippen LogP contribution is 2.31. The summed E-state index contributed by atoms with van der Waals surface area (Å²) in [5, 5.41) is 0. The van der Waals surface area contributed by atoms with Gasteiger partial charge in [0.15, 0.2) is 11.5 Å². The Morgan fingerprint density at radius 2 is 1.69 bits per heavy atom. The van der Waals surface area contributed by atoms with Crippen LogP contribution in [-0.2, 0) is 11.3 Å². The van der Waals surface area contributed by atoms with Crippen LogP contribution >= 0.6 is 11.8 Å². The van der Waals surface area contributed by atoms with E-state index in [1.54, 1.807) is 16.7 Å². The number of carbonyl (C=O) groups excluding carboxylic acids is 1. The van der Waals surface area contributed by atoms with Crippen LogP contribution < -0.4 is 9.47 Å². The fraction of sp³-hybridized carbons (Fsp3) is 0.381. The largest absolute Gasteiger partial charge is 0.486 e. The number of carbonyl (C=O) groups is 1. The minimum Gasteiger partial charge on any atom is -0.486 e. The van der Waals surface area contributed by atoms with E-state index in [4.69, 9.17) is 9.47 Å². The van der Waals surface area contributed by atoms with Gasteiger partial charge in [0.05, 0.1) is 5.75 Å². The van der Waals surface area contributed by atoms with Crippen molar-refractivity contribution in [3.8, 4) is 11.5 Å². The number of nitrogens with zero attached hydrogens (tertiary/aromatic N) is 1. The summed E-state index contributed by atoms with van der Waals surface area (Å²) in [5.41, 5.74) is 4.76. The Hall–Kier alpha value is -2.14. The summed E-state index contributed by atoms with van der Waals surface area (Å²) >= 11 is 1.62. The zero-order chi connectivity index (χ0) is 18.7. The van der Waals surface area contributed by atoms with Crippen LogP contribution in [0.5, 0.6) is 11.5 Å². The van der Waals surface area contributed by atoms with Gasteiger partial charge >= 0.3 is 0 Å². The maximum absolute atomic E-state index is 12.5. The molecular formula is C21H25NO3S. The fourth-order valence-corrected chi connectivity index (χ4v) is 4.25. The molecule has 0 saturated heterocycles. The first-order chi connectivity index (χ1) is 12.4. The molecule has 0 aromatic heterocycles. The molecule has 1 aliphatic heterocycles. The topological polar surface area (TPSA) is 38.8 Å². The van der Waals surface area contributed by atoms with Gasteiger partial charge in [-0.1, -0.05) is 23.8 Å². The fourth-order valence-electron chi connectivity index (χ4n) is 3.19. The van der Waals surface area contributed by atoms with Crippen LogP contribution in [0.1, 0.15) is 22.3 Å². The van der Waals surface area contributed by atoms with E-state index in [0.717, 1.165) is 17.1 Å². The molecule has 3 rings (SSSR count). The molecule has 2 aromatic rings. The molecule has 0 aliphatic carbocycles. The summed E-state index contributed by atoms with van der Waals surface area (Å²) in [7, 11) is 1.84. The lowest BCUT2D eigenvalue weighted by Crippen LogP contribution is -2.28. The lowest BCUT2D eigenvalue weighted by Gasteiger charge is -2.21. The zero-order valence-electron chi connectivity index (χ0n) is 15.8. The molecule has 0 radical (unpaired) electrons. The summed E-state index contributed by atoms with van der Waals surface area (Å²) < 4.78 is 11.2. The Morgan fingerprint density at radius 1 is 1.04 bits per heavy atom. The van der Waals surface area contributed by atoms with Crippen molar-refractivity contribution in [1.29, 1.82) is 0 Å². The van der Waals surface area contributed by atoms with Gasteiger partial charge in [0, 0.05) is 18.5 Å². The van der Waals surface area contributed by atoms with Crippen molar-refractivity contribution in [3.63, 3.8) is 0 Å². The Balaban J connectivity index is 1.60. The van der Waals surface area contributed by atoms with Gasteiger partial charge in [-0.25, -0.2) is 0 Å². The van der Waals surface area contributed by atoms with E-state index >= 15 is 0 Å². The van der Waals surface area contributed by atoms with Crippen molar-refractivity contribution in [2.75, 3.05) is 26.0 Å². The minimum atomic E-state index is 0.115. The summed E-state index contributed by atoms with van der Waals surface area (Å²) in [6.45, 7) is 8.01. The van der Waals surface area contributed by atoms with E-state index in [0.29, 0.717) is 25.5 Å². The average molecular weight is 372 g/mol. The predicted molar refractivity (Wildman–Crippen MR) is 105 cm³/mol. The van der Waals surface area contributed by atoms with Gasteiger partial charge < -0.3 is 14.4 Å². The third-order valence-corrected chi connectivity index (χ3v) is 5.72. The number of fused-ring (bicyclic) bond motifs is 1. The highest BCUT2D eigenvalue weighted by atomic mass is 32.2. The van der Waals surface area contributed by atoms with E-state index in [-0.39, 0.29) is 5.91 Å². The molecule has 4 nitrogen and oxygen atoms in total. The summed E-state index contributed by atoms with van der Waals surface area (Å²) in [4.78, 5) is 15.5. The van der Waals surface area contributed by atoms with E-state index in [2.05, 4.69) is 32.9 Å². The maximum atomic E-state index is 12.5. The Bertz CT molecular complexity index is 796. The molecular weight excluding hydrogens is 346 g/mol. The Morgan fingerprint density at radius 3 is 2.38 bits per heavy atom. The second-order valence-electron chi connectivity index (χ2n) is 6.74. The number of hydrogen-bond donors (Lipinski definition) is 0. The third-order valence-electron chi connectivity index (χ3n) is 4.40. The molecule has 0 atom stereocenters. The van der Waals surface area contributed by atoms with Crippen LogP contribution in [0.3, 0.4) is 0 Å². The molecule has 1 amide bonds. The van der Waals surface area contributed by atoms with Crippen LogP contribution in [0.15, 0.2) is 35.2 Å². The minimum absolute atomic E-state index is 0.115. The second kappa shape index (κ2) is 8.04. The SMILES string of the molecule is Cc1cc(C)c(SCC(=O)N(C)Cc2ccc3c(c2)OCCO3)c(C)c1. The highest BCUT2D eigenvalue weighted by Gasteiger charge is 2.15. The van der Waals surface area contributed by atoms with E-state index in [9.17, 15) is 4.79 Å². The van der Waals surface area contributed by atoms with E-state index < -0.39 is 0 Å². The second-order valence-corrected chi connectivity index (χ2v) is 7.73. The molecule has 138 valence electrons. The number of aryl methyl sites for hydroxylation is 3. The van der Waals surface area contributed by atoms with Crippen LogP contribution in [0.4, 0.5) is 0 Å². The van der Waals surface area contributed by atoms with Gasteiger partial charge in [0.25, 0.3) is 0 Å². The van der Waals surface area contributed by atoms with Crippen molar-refractivity contribution >= 4 is 17.7 Å². The van der Waals surface area contributed by atoms with Gasteiger partial charge in [-0.3, -0.25) is 4.79 Å². The first-order valence-electron chi connectivity index (χ1n) is 8.77. The first-order valence-corrected chi connectivity index (χ1v) is 9.76. The van der Waals surface area contributed by atoms with Gasteiger partial charge in [-0.2, -0.15) is 0 Å². The van der Waals surface area contributed by atoms with Crippen LogP contribution in [0, 0.1) is 20.8 Å². The summed E-state index contributed by atoms with van der Waals surface area (Å²) in [6, 6.07) is 10.2. The maximum Gasteiger partial charge on any atom is 0.232 e. The molecule has 26 heavy (non-hydrogen) atoms. The number of hydrogen-bond acceptors (Lipinski definition) is 4. The van der Waals surface area contributed by atoms with E-state index in [1.807, 2.05) is 25.2 Å². The molecule has 1 aliphatic rings. The monoisotopic (exact) mass is 371 g/mol. The normalized spacial score (nSPS) is 12.8. The van der Waals surface area contributed by atoms with Gasteiger partial charge in [-0.15, -0.1) is 11.8 Å². The third kappa shape index (κ3) is 4.33. The number of amides is 1. The van der Waals surface area contributed by atoms with Gasteiger partial charge in [-0.05, 0) is 49.6 Å². The Kier molecular flexibility index (Phi) is 5.77. The van der Waals surface area contributed by atoms with Crippen molar-refractivity contribution in [3.05, 3.63) is 52.6 Å². The molecule has 1 heterocycles. The quantitative estimate of drug-likeness (QED) is 0.741. The van der Waals surface area contributed by atoms with E-state index in [1.165, 1.54) is 21.6 Å². The smallest absolute Gasteiger partial charge is 0.232 e. The average Bonchev–Trinajstić information content (AvgIpc) is 2.60. The molecule has 0 unspecified atom stereocenters. The summed E-state index contributed by atoms with van der Waals surface area (Å²) in [6.07, 6.45) is 0. The molecule has 0 saturated carbocycles. The molecule has 2 aromatic carbocycles. The molecule has 0 N–H and O–H groups in total. The van der Waals surface area contributed by atoms with Crippen LogP contribution in [0.25, 0.3) is 0 Å². The standard InChI is InChI=1S/C21H25NO3S/c1-14-9-15(2)21(16(3)10-14)26-13-20(23)22(4)12-17-5-6-18-19(11-17)25-8-7-24-18/h5-6,9-11H,7-8,12-13H2,1-4H3. The highest BCUT2D eigenvalue weighted by molar-refractivity contribution is 8.00. The summed E-state index contributed by atoms with van der Waals surface area (Å²) in [5.74, 6) is 2.08. The van der Waals surface area contributed by atoms with Crippen LogP contribution in [0.2, 0.25) is 0 Å². The van der Waals surface area contributed by atoms with Gasteiger partial charge in [0.2, 0.25) is 5.91 Å². The van der Waals surface area contributed by atoms with Crippen molar-refractivity contribution in [2.45, 2.75) is 32.2 Å². The lowest BCUT2D eigenvalue weighted by atomic mass is 10.1. The lowest BCUT2D eigenvalue weighted by molar-refractivity contribution is -0.127. The molecule has 5 heteroatoms. The van der Waals surface area contributed by atoms with Crippen LogP contribution in [-0.4, -0.2) is 36.8 Å². The molecule has 0 fully saturated rings. The van der Waals surface area contributed by atoms with Gasteiger partial charge in [0.1, 0.15) is 13.2 Å². The zero-order valence-corrected chi connectivity index (χ0v) is 16.6.